The normalized spacial score (nSPS) is 10.6. The van der Waals surface area contributed by atoms with Crippen LogP contribution in [0.5, 0.6) is 0 Å². The highest BCUT2D eigenvalue weighted by molar-refractivity contribution is 7.80. The summed E-state index contributed by atoms with van der Waals surface area (Å²) in [6.45, 7) is 1.90. The molecule has 0 aliphatic carbocycles. The molecule has 30 heavy (non-hydrogen) atoms. The highest BCUT2D eigenvalue weighted by Crippen LogP contribution is 2.22. The Labute approximate surface area is 183 Å². The number of carbonyl (C=O) groups excluding carboxylic acids is 1. The highest BCUT2D eigenvalue weighted by Gasteiger charge is 2.16. The second-order valence-corrected chi connectivity index (χ2v) is 8.07. The molecular weight excluding hydrogens is 416 g/mol. The van der Waals surface area contributed by atoms with Crippen molar-refractivity contribution in [2.45, 2.75) is 13.3 Å². The monoisotopic (exact) mass is 434 g/mol. The maximum absolute atomic E-state index is 12.4. The first kappa shape index (κ1) is 19.9. The molecule has 2 aromatic heterocycles. The lowest BCUT2D eigenvalue weighted by Crippen LogP contribution is -2.34. The number of aromatic nitrogens is 2. The summed E-state index contributed by atoms with van der Waals surface area (Å²) in [7, 11) is 0. The van der Waals surface area contributed by atoms with Crippen LogP contribution in [0.25, 0.3) is 11.5 Å². The molecule has 0 aliphatic heterocycles. The van der Waals surface area contributed by atoms with Crippen molar-refractivity contribution < 1.29 is 9.32 Å². The fourth-order valence-corrected chi connectivity index (χ4v) is 3.71. The topological polar surface area (TPSA) is 80.0 Å². The smallest absolute Gasteiger partial charge is 0.279 e. The molecule has 150 valence electrons. The van der Waals surface area contributed by atoms with E-state index in [0.717, 1.165) is 22.7 Å². The summed E-state index contributed by atoms with van der Waals surface area (Å²) in [5.41, 5.74) is 3.95. The molecular formula is C22H18N4O2S2. The van der Waals surface area contributed by atoms with Crippen molar-refractivity contribution in [2.24, 2.45) is 0 Å². The standard InChI is InChI=1S/C22H18N4O2S2/c1-14-23-19(13-30-14)20-12-18(26-28-20)21(27)25-22(29)24-17-9-5-8-16(11-17)10-15-6-3-2-4-7-15/h2-9,11-13H,10H2,1H3,(H2,24,25,27,29). The van der Waals surface area contributed by atoms with E-state index in [1.54, 1.807) is 6.07 Å². The van der Waals surface area contributed by atoms with Crippen LogP contribution in [0.15, 0.2) is 70.6 Å². The van der Waals surface area contributed by atoms with Gasteiger partial charge in [0.15, 0.2) is 16.6 Å². The molecule has 4 rings (SSSR count). The number of rotatable bonds is 5. The van der Waals surface area contributed by atoms with Crippen LogP contribution in [0, 0.1) is 6.92 Å². The third-order valence-corrected chi connectivity index (χ3v) is 5.25. The molecule has 0 fully saturated rings. The van der Waals surface area contributed by atoms with E-state index in [0.29, 0.717) is 11.5 Å². The van der Waals surface area contributed by atoms with Crippen molar-refractivity contribution in [1.29, 1.82) is 0 Å². The third kappa shape index (κ3) is 4.97. The predicted molar refractivity (Wildman–Crippen MR) is 122 cm³/mol. The van der Waals surface area contributed by atoms with Gasteiger partial charge in [-0.3, -0.25) is 10.1 Å². The van der Waals surface area contributed by atoms with Crippen LogP contribution in [0.2, 0.25) is 0 Å². The Balaban J connectivity index is 1.37. The minimum absolute atomic E-state index is 0.137. The van der Waals surface area contributed by atoms with E-state index in [1.165, 1.54) is 16.9 Å². The number of hydrogen-bond acceptors (Lipinski definition) is 6. The van der Waals surface area contributed by atoms with E-state index in [9.17, 15) is 4.79 Å². The molecule has 8 heteroatoms. The van der Waals surface area contributed by atoms with Crippen molar-refractivity contribution in [3.8, 4) is 11.5 Å². The molecule has 0 spiro atoms. The Hall–Kier alpha value is -3.36. The van der Waals surface area contributed by atoms with E-state index >= 15 is 0 Å². The summed E-state index contributed by atoms with van der Waals surface area (Å²) in [6, 6.07) is 19.7. The van der Waals surface area contributed by atoms with E-state index in [2.05, 4.69) is 39.0 Å². The second-order valence-electron chi connectivity index (χ2n) is 6.60. The van der Waals surface area contributed by atoms with Crippen molar-refractivity contribution in [3.63, 3.8) is 0 Å². The second kappa shape index (κ2) is 8.98. The number of nitrogens with one attached hydrogen (secondary N) is 2. The molecule has 0 saturated heterocycles. The summed E-state index contributed by atoms with van der Waals surface area (Å²) in [5.74, 6) is -0.00752. The Kier molecular flexibility index (Phi) is 5.97. The molecule has 0 atom stereocenters. The maximum Gasteiger partial charge on any atom is 0.279 e. The summed E-state index contributed by atoms with van der Waals surface area (Å²) >= 11 is 6.78. The van der Waals surface area contributed by atoms with Gasteiger partial charge >= 0.3 is 0 Å². The predicted octanol–water partition coefficient (Wildman–Crippen LogP) is 4.82. The van der Waals surface area contributed by atoms with Crippen molar-refractivity contribution in [3.05, 3.63) is 87.9 Å². The van der Waals surface area contributed by atoms with Crippen LogP contribution < -0.4 is 10.6 Å². The summed E-state index contributed by atoms with van der Waals surface area (Å²) < 4.78 is 5.23. The summed E-state index contributed by atoms with van der Waals surface area (Å²) in [5, 5.41) is 12.4. The van der Waals surface area contributed by atoms with Gasteiger partial charge in [0.25, 0.3) is 5.91 Å². The Morgan fingerprint density at radius 3 is 2.67 bits per heavy atom. The lowest BCUT2D eigenvalue weighted by atomic mass is 10.0. The number of benzene rings is 2. The molecule has 0 aliphatic rings. The largest absolute Gasteiger partial charge is 0.354 e. The van der Waals surface area contributed by atoms with E-state index < -0.39 is 5.91 Å². The van der Waals surface area contributed by atoms with Crippen molar-refractivity contribution in [1.82, 2.24) is 15.5 Å². The Bertz CT molecular complexity index is 1180. The fourth-order valence-electron chi connectivity index (χ4n) is 2.90. The number of thiazole rings is 1. The SMILES string of the molecule is Cc1nc(-c2cc(C(=O)NC(=S)Nc3cccc(Cc4ccccc4)c3)no2)cs1. The van der Waals surface area contributed by atoms with Crippen LogP contribution in [0.3, 0.4) is 0 Å². The Morgan fingerprint density at radius 1 is 1.10 bits per heavy atom. The lowest BCUT2D eigenvalue weighted by Gasteiger charge is -2.10. The van der Waals surface area contributed by atoms with Gasteiger partial charge in [0.05, 0.1) is 5.01 Å². The van der Waals surface area contributed by atoms with Gasteiger partial charge in [-0.25, -0.2) is 4.98 Å². The molecule has 2 aromatic carbocycles. The van der Waals surface area contributed by atoms with E-state index in [4.69, 9.17) is 16.7 Å². The van der Waals surface area contributed by atoms with E-state index in [1.807, 2.05) is 48.7 Å². The molecule has 2 heterocycles. The van der Waals surface area contributed by atoms with Crippen LogP contribution in [-0.4, -0.2) is 21.2 Å². The van der Waals surface area contributed by atoms with Gasteiger partial charge < -0.3 is 9.84 Å². The van der Waals surface area contributed by atoms with Gasteiger partial charge in [0.2, 0.25) is 0 Å². The maximum atomic E-state index is 12.4. The first-order chi connectivity index (χ1) is 14.6. The number of thiocarbonyl (C=S) groups is 1. The van der Waals surface area contributed by atoms with Crippen LogP contribution in [-0.2, 0) is 6.42 Å². The zero-order valence-corrected chi connectivity index (χ0v) is 17.7. The zero-order valence-electron chi connectivity index (χ0n) is 16.1. The van der Waals surface area contributed by atoms with Gasteiger partial charge in [0.1, 0.15) is 5.69 Å². The van der Waals surface area contributed by atoms with Gasteiger partial charge in [-0.1, -0.05) is 47.6 Å². The Morgan fingerprint density at radius 2 is 1.90 bits per heavy atom. The quantitative estimate of drug-likeness (QED) is 0.438. The van der Waals surface area contributed by atoms with Crippen LogP contribution >= 0.6 is 23.6 Å². The van der Waals surface area contributed by atoms with Gasteiger partial charge in [-0.2, -0.15) is 0 Å². The highest BCUT2D eigenvalue weighted by atomic mass is 32.1. The first-order valence-electron chi connectivity index (χ1n) is 9.21. The third-order valence-electron chi connectivity index (χ3n) is 4.28. The van der Waals surface area contributed by atoms with Crippen molar-refractivity contribution >= 4 is 40.3 Å². The molecule has 1 amide bonds. The van der Waals surface area contributed by atoms with Gasteiger partial charge in [-0.05, 0) is 48.8 Å². The molecule has 2 N–H and O–H groups in total. The molecule has 0 saturated carbocycles. The number of amides is 1. The molecule has 6 nitrogen and oxygen atoms in total. The number of aryl methyl sites for hydroxylation is 1. The number of carbonyl (C=O) groups is 1. The molecule has 4 aromatic rings. The van der Waals surface area contributed by atoms with Crippen LogP contribution in [0.1, 0.15) is 26.6 Å². The van der Waals surface area contributed by atoms with Crippen LogP contribution in [0.4, 0.5) is 5.69 Å². The minimum Gasteiger partial charge on any atom is -0.354 e. The average Bonchev–Trinajstić information content (AvgIpc) is 3.38. The summed E-state index contributed by atoms with van der Waals surface area (Å²) in [4.78, 5) is 16.7. The molecule has 0 bridgehead atoms. The first-order valence-corrected chi connectivity index (χ1v) is 10.5. The lowest BCUT2D eigenvalue weighted by molar-refractivity contribution is 0.0969. The van der Waals surface area contributed by atoms with E-state index in [-0.39, 0.29) is 10.8 Å². The van der Waals surface area contributed by atoms with Crippen molar-refractivity contribution in [2.75, 3.05) is 5.32 Å². The number of hydrogen-bond donors (Lipinski definition) is 2. The molecule has 0 radical (unpaired) electrons. The number of nitrogens with zero attached hydrogens (tertiary/aromatic N) is 2. The zero-order chi connectivity index (χ0) is 20.9. The minimum atomic E-state index is -0.449. The molecule has 0 unspecified atom stereocenters. The summed E-state index contributed by atoms with van der Waals surface area (Å²) in [6.07, 6.45) is 0.813. The van der Waals surface area contributed by atoms with Gasteiger partial charge in [-0.15, -0.1) is 11.3 Å². The fraction of sp³-hybridized carbons (Fsp3) is 0.0909. The average molecular weight is 435 g/mol. The number of anilines is 1. The van der Waals surface area contributed by atoms with Gasteiger partial charge in [0, 0.05) is 17.1 Å².